The second-order valence-electron chi connectivity index (χ2n) is 5.14. The number of anilines is 1. The van der Waals surface area contributed by atoms with Gasteiger partial charge in [-0.25, -0.2) is 9.29 Å². The van der Waals surface area contributed by atoms with Crippen molar-refractivity contribution in [3.05, 3.63) is 29.8 Å². The number of fused-ring (bicyclic) bond motifs is 2. The minimum atomic E-state index is -3.49. The third-order valence-corrected chi connectivity index (χ3v) is 5.47. The zero-order chi connectivity index (χ0) is 15.2. The predicted octanol–water partition coefficient (Wildman–Crippen LogP) is 1.41. The quantitative estimate of drug-likeness (QED) is 0.860. The highest BCUT2D eigenvalue weighted by molar-refractivity contribution is 7.90. The smallest absolute Gasteiger partial charge is 0.304 e. The fourth-order valence-electron chi connectivity index (χ4n) is 2.46. The highest BCUT2D eigenvalue weighted by atomic mass is 32.2. The van der Waals surface area contributed by atoms with Gasteiger partial charge < -0.3 is 4.74 Å². The van der Waals surface area contributed by atoms with Gasteiger partial charge in [0.2, 0.25) is 0 Å². The van der Waals surface area contributed by atoms with Gasteiger partial charge in [0.25, 0.3) is 0 Å². The van der Waals surface area contributed by atoms with E-state index in [9.17, 15) is 8.42 Å². The van der Waals surface area contributed by atoms with Crippen molar-refractivity contribution in [1.29, 1.82) is 0 Å². The van der Waals surface area contributed by atoms with E-state index in [0.717, 1.165) is 22.2 Å². The molecule has 0 radical (unpaired) electrons. The SMILES string of the molecule is COc1ccc2nc3c(cc2c1)CCN3S(=O)(=O)N(C)C. The number of benzene rings is 1. The molecule has 1 aliphatic heterocycles. The predicted molar refractivity (Wildman–Crippen MR) is 82.0 cm³/mol. The molecule has 2 heterocycles. The van der Waals surface area contributed by atoms with Crippen molar-refractivity contribution in [2.45, 2.75) is 6.42 Å². The van der Waals surface area contributed by atoms with Crippen LogP contribution < -0.4 is 9.04 Å². The van der Waals surface area contributed by atoms with Gasteiger partial charge in [0, 0.05) is 26.0 Å². The highest BCUT2D eigenvalue weighted by Crippen LogP contribution is 2.32. The average molecular weight is 307 g/mol. The molecule has 0 fully saturated rings. The van der Waals surface area contributed by atoms with Gasteiger partial charge in [-0.2, -0.15) is 12.7 Å². The van der Waals surface area contributed by atoms with Gasteiger partial charge in [-0.1, -0.05) is 0 Å². The highest BCUT2D eigenvalue weighted by Gasteiger charge is 2.32. The Morgan fingerprint density at radius 1 is 1.29 bits per heavy atom. The van der Waals surface area contributed by atoms with Crippen LogP contribution in [0.25, 0.3) is 10.9 Å². The maximum absolute atomic E-state index is 12.3. The number of aromatic nitrogens is 1. The minimum absolute atomic E-state index is 0.427. The van der Waals surface area contributed by atoms with Crippen molar-refractivity contribution >= 4 is 26.9 Å². The Balaban J connectivity index is 2.14. The first-order chi connectivity index (χ1) is 9.93. The summed E-state index contributed by atoms with van der Waals surface area (Å²) in [5.41, 5.74) is 1.71. The minimum Gasteiger partial charge on any atom is -0.497 e. The van der Waals surface area contributed by atoms with Crippen LogP contribution in [0, 0.1) is 0 Å². The topological polar surface area (TPSA) is 62.7 Å². The second kappa shape index (κ2) is 4.85. The standard InChI is InChI=1S/C14H17N3O3S/c1-16(2)21(18,19)17-7-6-10-8-11-9-12(20-3)4-5-13(11)15-14(10)17/h4-5,8-9H,6-7H2,1-3H3. The monoisotopic (exact) mass is 307 g/mol. The molecule has 112 valence electrons. The van der Waals surface area contributed by atoms with E-state index in [1.807, 2.05) is 24.3 Å². The Bertz CT molecular complexity index is 802. The van der Waals surface area contributed by atoms with E-state index in [-0.39, 0.29) is 0 Å². The first-order valence-corrected chi connectivity index (χ1v) is 8.01. The van der Waals surface area contributed by atoms with Crippen molar-refractivity contribution < 1.29 is 13.2 Å². The number of hydrogen-bond donors (Lipinski definition) is 0. The fraction of sp³-hybridized carbons (Fsp3) is 0.357. The molecule has 1 aromatic carbocycles. The van der Waals surface area contributed by atoms with Gasteiger partial charge in [-0.05, 0) is 36.2 Å². The van der Waals surface area contributed by atoms with Crippen LogP contribution in [0.2, 0.25) is 0 Å². The van der Waals surface area contributed by atoms with E-state index in [2.05, 4.69) is 4.98 Å². The molecule has 3 rings (SSSR count). The molecule has 0 atom stereocenters. The maximum Gasteiger partial charge on any atom is 0.304 e. The summed E-state index contributed by atoms with van der Waals surface area (Å²) in [7, 11) is 1.18. The molecule has 0 bridgehead atoms. The lowest BCUT2D eigenvalue weighted by Gasteiger charge is -2.22. The number of ether oxygens (including phenoxy) is 1. The summed E-state index contributed by atoms with van der Waals surface area (Å²) in [5, 5.41) is 0.956. The summed E-state index contributed by atoms with van der Waals surface area (Å²) in [6.07, 6.45) is 0.669. The normalized spacial score (nSPS) is 14.8. The third kappa shape index (κ3) is 2.22. The van der Waals surface area contributed by atoms with Crippen molar-refractivity contribution in [1.82, 2.24) is 9.29 Å². The van der Waals surface area contributed by atoms with Crippen LogP contribution in [0.4, 0.5) is 5.82 Å². The molecule has 0 saturated heterocycles. The molecule has 1 aromatic heterocycles. The van der Waals surface area contributed by atoms with Gasteiger partial charge >= 0.3 is 10.2 Å². The number of hydrogen-bond acceptors (Lipinski definition) is 4. The Kier molecular flexibility index (Phi) is 3.26. The van der Waals surface area contributed by atoms with E-state index < -0.39 is 10.2 Å². The van der Waals surface area contributed by atoms with E-state index >= 15 is 0 Å². The molecular formula is C14H17N3O3S. The number of nitrogens with zero attached hydrogens (tertiary/aromatic N) is 3. The second-order valence-corrected chi connectivity index (χ2v) is 7.21. The van der Waals surface area contributed by atoms with E-state index in [4.69, 9.17) is 4.74 Å². The van der Waals surface area contributed by atoms with Crippen LogP contribution in [-0.4, -0.2) is 45.5 Å². The molecule has 2 aromatic rings. The first-order valence-electron chi connectivity index (χ1n) is 6.61. The van der Waals surface area contributed by atoms with Gasteiger partial charge in [-0.3, -0.25) is 0 Å². The van der Waals surface area contributed by atoms with Gasteiger partial charge in [-0.15, -0.1) is 0 Å². The molecular weight excluding hydrogens is 290 g/mol. The van der Waals surface area contributed by atoms with Gasteiger partial charge in [0.15, 0.2) is 0 Å². The van der Waals surface area contributed by atoms with Crippen molar-refractivity contribution in [3.8, 4) is 5.75 Å². The number of pyridine rings is 1. The van der Waals surface area contributed by atoms with Crippen molar-refractivity contribution in [2.75, 3.05) is 32.1 Å². The molecule has 7 heteroatoms. The van der Waals surface area contributed by atoms with Crippen LogP contribution in [0.5, 0.6) is 5.75 Å². The Morgan fingerprint density at radius 3 is 2.71 bits per heavy atom. The average Bonchev–Trinajstić information content (AvgIpc) is 2.87. The van der Waals surface area contributed by atoms with Crippen molar-refractivity contribution in [3.63, 3.8) is 0 Å². The molecule has 21 heavy (non-hydrogen) atoms. The van der Waals surface area contributed by atoms with Gasteiger partial charge in [0.1, 0.15) is 11.6 Å². The van der Waals surface area contributed by atoms with E-state index in [0.29, 0.717) is 18.8 Å². The Labute approximate surface area is 124 Å². The summed E-state index contributed by atoms with van der Waals surface area (Å²) >= 11 is 0. The van der Waals surface area contributed by atoms with Crippen LogP contribution in [-0.2, 0) is 16.6 Å². The molecule has 0 amide bonds. The molecule has 0 saturated carbocycles. The van der Waals surface area contributed by atoms with Crippen LogP contribution in [0.1, 0.15) is 5.56 Å². The lowest BCUT2D eigenvalue weighted by atomic mass is 10.1. The Hall–Kier alpha value is -1.86. The number of methoxy groups -OCH3 is 1. The fourth-order valence-corrected chi connectivity index (χ4v) is 3.56. The third-order valence-electron chi connectivity index (χ3n) is 3.64. The Morgan fingerprint density at radius 2 is 2.05 bits per heavy atom. The van der Waals surface area contributed by atoms with Gasteiger partial charge in [0.05, 0.1) is 12.6 Å². The summed E-state index contributed by atoms with van der Waals surface area (Å²) in [5.74, 6) is 1.29. The first kappa shape index (κ1) is 14.1. The van der Waals surface area contributed by atoms with E-state index in [1.165, 1.54) is 22.7 Å². The maximum atomic E-state index is 12.3. The molecule has 0 N–H and O–H groups in total. The van der Waals surface area contributed by atoms with Crippen LogP contribution in [0.15, 0.2) is 24.3 Å². The summed E-state index contributed by atoms with van der Waals surface area (Å²) in [4.78, 5) is 4.53. The zero-order valence-electron chi connectivity index (χ0n) is 12.2. The molecule has 0 spiro atoms. The van der Waals surface area contributed by atoms with Crippen molar-refractivity contribution in [2.24, 2.45) is 0 Å². The lowest BCUT2D eigenvalue weighted by molar-refractivity contribution is 0.415. The molecule has 6 nitrogen and oxygen atoms in total. The summed E-state index contributed by atoms with van der Waals surface area (Å²) in [6, 6.07) is 7.56. The summed E-state index contributed by atoms with van der Waals surface area (Å²) < 4.78 is 32.4. The van der Waals surface area contributed by atoms with E-state index in [1.54, 1.807) is 7.11 Å². The largest absolute Gasteiger partial charge is 0.497 e. The summed E-state index contributed by atoms with van der Waals surface area (Å²) in [6.45, 7) is 0.427. The van der Waals surface area contributed by atoms with Crippen LogP contribution in [0.3, 0.4) is 0 Å². The number of rotatable bonds is 3. The van der Waals surface area contributed by atoms with Crippen LogP contribution >= 0.6 is 0 Å². The zero-order valence-corrected chi connectivity index (χ0v) is 13.0. The lowest BCUT2D eigenvalue weighted by Crippen LogP contribution is -2.39. The molecule has 1 aliphatic rings. The molecule has 0 aliphatic carbocycles. The molecule has 0 unspecified atom stereocenters.